The fourth-order valence-corrected chi connectivity index (χ4v) is 3.42. The van der Waals surface area contributed by atoms with Crippen LogP contribution in [0.15, 0.2) is 10.5 Å². The first kappa shape index (κ1) is 16.6. The molecule has 0 aliphatic heterocycles. The number of hydrogen-bond acceptors (Lipinski definition) is 3. The van der Waals surface area contributed by atoms with Gasteiger partial charge in [-0.05, 0) is 62.6 Å². The summed E-state index contributed by atoms with van der Waals surface area (Å²) in [6.45, 7) is 11.4. The molecule has 2 rings (SSSR count). The van der Waals surface area contributed by atoms with E-state index < -0.39 is 0 Å². The van der Waals surface area contributed by atoms with Gasteiger partial charge in [-0.3, -0.25) is 0 Å². The van der Waals surface area contributed by atoms with Crippen LogP contribution in [-0.4, -0.2) is 12.6 Å². The molecule has 2 unspecified atom stereocenters. The smallest absolute Gasteiger partial charge is 0.130 e. The van der Waals surface area contributed by atoms with Gasteiger partial charge in [-0.1, -0.05) is 20.8 Å². The summed E-state index contributed by atoms with van der Waals surface area (Å²) in [6.07, 6.45) is 5.26. The molecule has 0 radical (unpaired) electrons. The summed E-state index contributed by atoms with van der Waals surface area (Å²) in [6, 6.07) is 2.12. The Morgan fingerprint density at radius 1 is 1.24 bits per heavy atom. The van der Waals surface area contributed by atoms with Gasteiger partial charge in [-0.25, -0.2) is 0 Å². The molecule has 0 saturated heterocycles. The predicted octanol–water partition coefficient (Wildman–Crippen LogP) is 4.43. The van der Waals surface area contributed by atoms with E-state index in [0.717, 1.165) is 42.9 Å². The Hall–Kier alpha value is -0.800. The van der Waals surface area contributed by atoms with Crippen molar-refractivity contribution in [1.82, 2.24) is 5.32 Å². The lowest BCUT2D eigenvalue weighted by atomic mass is 9.82. The largest absolute Gasteiger partial charge is 0.462 e. The van der Waals surface area contributed by atoms with Crippen LogP contribution in [0.3, 0.4) is 0 Å². The quantitative estimate of drug-likeness (QED) is 0.755. The highest BCUT2D eigenvalue weighted by Crippen LogP contribution is 2.31. The second kappa shape index (κ2) is 8.00. The maximum absolute atomic E-state index is 6.09. The van der Waals surface area contributed by atoms with Crippen molar-refractivity contribution in [2.45, 2.75) is 72.6 Å². The monoisotopic (exact) mass is 293 g/mol. The van der Waals surface area contributed by atoms with E-state index in [9.17, 15) is 0 Å². The van der Waals surface area contributed by atoms with E-state index in [1.807, 2.05) is 0 Å². The highest BCUT2D eigenvalue weighted by Gasteiger charge is 2.24. The summed E-state index contributed by atoms with van der Waals surface area (Å²) in [5, 5.41) is 3.39. The molecule has 0 spiro atoms. The van der Waals surface area contributed by atoms with Gasteiger partial charge in [0.1, 0.15) is 18.1 Å². The molecular weight excluding hydrogens is 262 g/mol. The van der Waals surface area contributed by atoms with Gasteiger partial charge in [0.15, 0.2) is 0 Å². The van der Waals surface area contributed by atoms with E-state index in [-0.39, 0.29) is 0 Å². The van der Waals surface area contributed by atoms with Crippen molar-refractivity contribution >= 4 is 0 Å². The van der Waals surface area contributed by atoms with Crippen LogP contribution in [0.25, 0.3) is 0 Å². The fourth-order valence-electron chi connectivity index (χ4n) is 3.42. The van der Waals surface area contributed by atoms with E-state index in [0.29, 0.717) is 12.7 Å². The second-order valence-electron chi connectivity index (χ2n) is 6.85. The van der Waals surface area contributed by atoms with Gasteiger partial charge in [0.2, 0.25) is 0 Å². The van der Waals surface area contributed by atoms with Crippen LogP contribution in [0.2, 0.25) is 0 Å². The Morgan fingerprint density at radius 2 is 1.95 bits per heavy atom. The zero-order valence-electron chi connectivity index (χ0n) is 14.1. The lowest BCUT2D eigenvalue weighted by Crippen LogP contribution is -2.26. The SMILES string of the molecule is CCCNCc1oc(COC2CC(C)CC(C)C2)cc1C. The zero-order chi connectivity index (χ0) is 15.2. The van der Waals surface area contributed by atoms with Crippen molar-refractivity contribution in [3.63, 3.8) is 0 Å². The number of hydrogen-bond donors (Lipinski definition) is 1. The molecule has 1 aromatic rings. The van der Waals surface area contributed by atoms with Gasteiger partial charge in [-0.15, -0.1) is 0 Å². The van der Waals surface area contributed by atoms with Crippen molar-refractivity contribution in [1.29, 1.82) is 0 Å². The first-order valence-corrected chi connectivity index (χ1v) is 8.49. The predicted molar refractivity (Wildman–Crippen MR) is 86.2 cm³/mol. The molecular formula is C18H31NO2. The molecule has 21 heavy (non-hydrogen) atoms. The Labute approximate surface area is 129 Å². The van der Waals surface area contributed by atoms with Gasteiger partial charge in [0, 0.05) is 0 Å². The number of ether oxygens (including phenoxy) is 1. The van der Waals surface area contributed by atoms with Gasteiger partial charge in [-0.2, -0.15) is 0 Å². The standard InChI is InChI=1S/C18H31NO2/c1-5-6-19-11-18-15(4)10-17(21-18)12-20-16-8-13(2)7-14(3)9-16/h10,13-14,16,19H,5-9,11-12H2,1-4H3. The Kier molecular flexibility index (Phi) is 6.31. The summed E-state index contributed by atoms with van der Waals surface area (Å²) in [7, 11) is 0. The fraction of sp³-hybridized carbons (Fsp3) is 0.778. The van der Waals surface area contributed by atoms with Crippen LogP contribution < -0.4 is 5.32 Å². The summed E-state index contributed by atoms with van der Waals surface area (Å²) in [5.41, 5.74) is 1.22. The van der Waals surface area contributed by atoms with Gasteiger partial charge in [0.05, 0.1) is 12.6 Å². The van der Waals surface area contributed by atoms with Gasteiger partial charge >= 0.3 is 0 Å². The normalized spacial score (nSPS) is 26.2. The third-order valence-electron chi connectivity index (χ3n) is 4.38. The molecule has 3 heteroatoms. The van der Waals surface area contributed by atoms with E-state index in [1.165, 1.54) is 24.8 Å². The second-order valence-corrected chi connectivity index (χ2v) is 6.85. The maximum atomic E-state index is 6.09. The van der Waals surface area contributed by atoms with Crippen LogP contribution >= 0.6 is 0 Å². The molecule has 0 bridgehead atoms. The molecule has 1 aliphatic rings. The van der Waals surface area contributed by atoms with Gasteiger partial charge in [0.25, 0.3) is 0 Å². The molecule has 120 valence electrons. The molecule has 1 fully saturated rings. The molecule has 0 amide bonds. The van der Waals surface area contributed by atoms with E-state index in [2.05, 4.69) is 39.1 Å². The minimum absolute atomic E-state index is 0.399. The summed E-state index contributed by atoms with van der Waals surface area (Å²) in [5.74, 6) is 3.58. The number of rotatable bonds is 7. The lowest BCUT2D eigenvalue weighted by molar-refractivity contribution is -0.0159. The molecule has 1 aromatic heterocycles. The lowest BCUT2D eigenvalue weighted by Gasteiger charge is -2.31. The summed E-state index contributed by atoms with van der Waals surface area (Å²) in [4.78, 5) is 0. The van der Waals surface area contributed by atoms with Crippen LogP contribution in [0.4, 0.5) is 0 Å². The van der Waals surface area contributed by atoms with Crippen molar-refractivity contribution in [3.05, 3.63) is 23.2 Å². The van der Waals surface area contributed by atoms with Crippen LogP contribution in [0.1, 0.15) is 63.5 Å². The maximum Gasteiger partial charge on any atom is 0.130 e. The average molecular weight is 293 g/mol. The number of nitrogens with one attached hydrogen (secondary N) is 1. The highest BCUT2D eigenvalue weighted by molar-refractivity contribution is 5.19. The zero-order valence-corrected chi connectivity index (χ0v) is 14.1. The first-order valence-electron chi connectivity index (χ1n) is 8.49. The highest BCUT2D eigenvalue weighted by atomic mass is 16.5. The van der Waals surface area contributed by atoms with E-state index in [1.54, 1.807) is 0 Å². The van der Waals surface area contributed by atoms with Crippen molar-refractivity contribution in [2.24, 2.45) is 11.8 Å². The van der Waals surface area contributed by atoms with Crippen molar-refractivity contribution in [2.75, 3.05) is 6.54 Å². The van der Waals surface area contributed by atoms with Crippen molar-refractivity contribution < 1.29 is 9.15 Å². The third-order valence-corrected chi connectivity index (χ3v) is 4.38. The van der Waals surface area contributed by atoms with Crippen molar-refractivity contribution in [3.8, 4) is 0 Å². The Bertz CT molecular complexity index is 417. The molecule has 1 heterocycles. The first-order chi connectivity index (χ1) is 10.1. The average Bonchev–Trinajstić information content (AvgIpc) is 2.77. The Balaban J connectivity index is 1.81. The molecule has 2 atom stereocenters. The molecule has 1 aliphatic carbocycles. The van der Waals surface area contributed by atoms with Crippen LogP contribution in [0.5, 0.6) is 0 Å². The Morgan fingerprint density at radius 3 is 2.62 bits per heavy atom. The number of aryl methyl sites for hydroxylation is 1. The number of furan rings is 1. The minimum Gasteiger partial charge on any atom is -0.462 e. The van der Waals surface area contributed by atoms with Crippen LogP contribution in [-0.2, 0) is 17.9 Å². The molecule has 1 saturated carbocycles. The van der Waals surface area contributed by atoms with Crippen LogP contribution in [0, 0.1) is 18.8 Å². The summed E-state index contributed by atoms with van der Waals surface area (Å²) < 4.78 is 12.0. The molecule has 1 N–H and O–H groups in total. The van der Waals surface area contributed by atoms with E-state index in [4.69, 9.17) is 9.15 Å². The minimum atomic E-state index is 0.399. The molecule has 0 aromatic carbocycles. The van der Waals surface area contributed by atoms with Gasteiger partial charge < -0.3 is 14.5 Å². The van der Waals surface area contributed by atoms with E-state index >= 15 is 0 Å². The summed E-state index contributed by atoms with van der Waals surface area (Å²) >= 11 is 0. The molecule has 3 nitrogen and oxygen atoms in total. The third kappa shape index (κ3) is 5.15. The topological polar surface area (TPSA) is 34.4 Å².